The van der Waals surface area contributed by atoms with Crippen molar-refractivity contribution in [2.75, 3.05) is 13.1 Å². The molecule has 1 fully saturated rings. The van der Waals surface area contributed by atoms with E-state index in [2.05, 4.69) is 10.1 Å². The number of piperidine rings is 1. The number of amides is 1. The van der Waals surface area contributed by atoms with Gasteiger partial charge in [-0.15, -0.1) is 0 Å². The zero-order chi connectivity index (χ0) is 20.1. The van der Waals surface area contributed by atoms with Crippen LogP contribution in [0.4, 0.5) is 4.79 Å². The molecule has 0 saturated carbocycles. The minimum Gasteiger partial charge on any atom is -0.444 e. The molecule has 8 heteroatoms. The van der Waals surface area contributed by atoms with Gasteiger partial charge < -0.3 is 14.6 Å². The molecule has 0 radical (unpaired) electrons. The monoisotopic (exact) mass is 402 g/mol. The van der Waals surface area contributed by atoms with E-state index in [-0.39, 0.29) is 17.6 Å². The number of carbonyl (C=O) groups excluding carboxylic acids is 1. The summed E-state index contributed by atoms with van der Waals surface area (Å²) in [6, 6.07) is 7.05. The van der Waals surface area contributed by atoms with Crippen LogP contribution in [0.3, 0.4) is 0 Å². The molecule has 4 rings (SSSR count). The predicted molar refractivity (Wildman–Crippen MR) is 108 cm³/mol. The summed E-state index contributed by atoms with van der Waals surface area (Å²) in [5.74, 6) is 0.133. The van der Waals surface area contributed by atoms with E-state index < -0.39 is 5.60 Å². The van der Waals surface area contributed by atoms with Crippen LogP contribution < -0.4 is 5.56 Å². The van der Waals surface area contributed by atoms with E-state index in [9.17, 15) is 9.59 Å². The first-order valence-corrected chi connectivity index (χ1v) is 9.78. The molecule has 1 aliphatic rings. The molecule has 3 aromatic rings. The summed E-state index contributed by atoms with van der Waals surface area (Å²) in [7, 11) is 0. The van der Waals surface area contributed by atoms with E-state index in [1.54, 1.807) is 27.6 Å². The molecule has 0 aliphatic carbocycles. The number of nitrogens with one attached hydrogen (secondary N) is 1. The normalized spacial score (nSPS) is 16.1. The second kappa shape index (κ2) is 6.81. The Balaban J connectivity index is 1.63. The van der Waals surface area contributed by atoms with Crippen molar-refractivity contribution in [3.05, 3.63) is 45.3 Å². The molecule has 0 spiro atoms. The summed E-state index contributed by atoms with van der Waals surface area (Å²) in [5.41, 5.74) is 1.60. The fourth-order valence-electron chi connectivity index (χ4n) is 3.69. The first kappa shape index (κ1) is 18.8. The van der Waals surface area contributed by atoms with Gasteiger partial charge in [-0.1, -0.05) is 11.6 Å². The van der Waals surface area contributed by atoms with Gasteiger partial charge in [0.05, 0.1) is 11.2 Å². The SMILES string of the molecule is CC(C)(C)OC(=O)N1CCC(c2cc(=O)[nH]c3c4ccc(Cl)cc4nn23)CC1. The number of hydrogen-bond donors (Lipinski definition) is 1. The number of H-pyrrole nitrogens is 1. The molecule has 0 atom stereocenters. The lowest BCUT2D eigenvalue weighted by Gasteiger charge is -2.33. The number of fused-ring (bicyclic) bond motifs is 3. The standard InChI is InChI=1S/C20H23ClN4O3/c1-20(2,3)28-19(27)24-8-6-12(7-9-24)16-11-17(26)22-18-14-5-4-13(21)10-15(14)23-25(16)18/h4-5,10-12H,6-9H2,1-3H3,(H,22,26). The van der Waals surface area contributed by atoms with Gasteiger partial charge in [0.15, 0.2) is 0 Å². The molecule has 0 unspecified atom stereocenters. The van der Waals surface area contributed by atoms with Gasteiger partial charge in [0.2, 0.25) is 0 Å². The van der Waals surface area contributed by atoms with Crippen LogP contribution >= 0.6 is 11.6 Å². The molecule has 7 nitrogen and oxygen atoms in total. The number of rotatable bonds is 1. The smallest absolute Gasteiger partial charge is 0.410 e. The van der Waals surface area contributed by atoms with Crippen molar-refractivity contribution < 1.29 is 9.53 Å². The van der Waals surface area contributed by atoms with E-state index in [4.69, 9.17) is 16.3 Å². The third kappa shape index (κ3) is 3.58. The fraction of sp³-hybridized carbons (Fsp3) is 0.450. The third-order valence-electron chi connectivity index (χ3n) is 4.96. The highest BCUT2D eigenvalue weighted by Gasteiger charge is 2.29. The van der Waals surface area contributed by atoms with Gasteiger partial charge in [0.1, 0.15) is 11.2 Å². The van der Waals surface area contributed by atoms with Crippen LogP contribution in [0.2, 0.25) is 5.02 Å². The number of benzene rings is 1. The van der Waals surface area contributed by atoms with Gasteiger partial charge >= 0.3 is 6.09 Å². The number of nitrogens with zero attached hydrogens (tertiary/aromatic N) is 3. The van der Waals surface area contributed by atoms with Crippen LogP contribution in [0.25, 0.3) is 16.6 Å². The number of likely N-dealkylation sites (tertiary alicyclic amines) is 1. The highest BCUT2D eigenvalue weighted by atomic mass is 35.5. The second-order valence-electron chi connectivity index (χ2n) is 8.22. The van der Waals surface area contributed by atoms with Crippen molar-refractivity contribution in [3.8, 4) is 0 Å². The number of hydrogen-bond acceptors (Lipinski definition) is 4. The van der Waals surface area contributed by atoms with Crippen molar-refractivity contribution in [2.45, 2.75) is 45.1 Å². The Morgan fingerprint density at radius 1 is 1.25 bits per heavy atom. The number of carbonyl (C=O) groups is 1. The number of aromatic amines is 1. The highest BCUT2D eigenvalue weighted by Crippen LogP contribution is 2.30. The summed E-state index contributed by atoms with van der Waals surface area (Å²) in [5, 5.41) is 6.11. The van der Waals surface area contributed by atoms with Crippen molar-refractivity contribution in [1.29, 1.82) is 0 Å². The van der Waals surface area contributed by atoms with Gasteiger partial charge in [-0.05, 0) is 51.8 Å². The summed E-state index contributed by atoms with van der Waals surface area (Å²) >= 11 is 6.09. The Morgan fingerprint density at radius 2 is 1.96 bits per heavy atom. The fourth-order valence-corrected chi connectivity index (χ4v) is 3.86. The van der Waals surface area contributed by atoms with Gasteiger partial charge in [-0.2, -0.15) is 5.10 Å². The van der Waals surface area contributed by atoms with Crippen molar-refractivity contribution in [1.82, 2.24) is 19.5 Å². The van der Waals surface area contributed by atoms with E-state index in [1.165, 1.54) is 0 Å². The van der Waals surface area contributed by atoms with Crippen LogP contribution in [0.15, 0.2) is 29.1 Å². The summed E-state index contributed by atoms with van der Waals surface area (Å²) in [6.07, 6.45) is 1.20. The maximum atomic E-state index is 12.3. The maximum Gasteiger partial charge on any atom is 0.410 e. The quantitative estimate of drug-likeness (QED) is 0.668. The molecule has 1 aliphatic heterocycles. The lowest BCUT2D eigenvalue weighted by atomic mass is 9.93. The van der Waals surface area contributed by atoms with E-state index in [0.29, 0.717) is 23.8 Å². The lowest BCUT2D eigenvalue weighted by Crippen LogP contribution is -2.41. The Bertz CT molecular complexity index is 1100. The van der Waals surface area contributed by atoms with E-state index in [0.717, 1.165) is 29.4 Å². The summed E-state index contributed by atoms with van der Waals surface area (Å²) in [4.78, 5) is 29.2. The van der Waals surface area contributed by atoms with Gasteiger partial charge in [0, 0.05) is 35.5 Å². The van der Waals surface area contributed by atoms with Crippen LogP contribution in [-0.4, -0.2) is 44.3 Å². The predicted octanol–water partition coefficient (Wildman–Crippen LogP) is 3.94. The van der Waals surface area contributed by atoms with Crippen molar-refractivity contribution in [3.63, 3.8) is 0 Å². The van der Waals surface area contributed by atoms with Crippen LogP contribution in [0, 0.1) is 0 Å². The average Bonchev–Trinajstić information content (AvgIpc) is 2.97. The molecule has 28 heavy (non-hydrogen) atoms. The molecule has 3 heterocycles. The van der Waals surface area contributed by atoms with E-state index in [1.807, 2.05) is 26.8 Å². The number of aromatic nitrogens is 3. The number of ether oxygens (including phenoxy) is 1. The second-order valence-corrected chi connectivity index (χ2v) is 8.66. The first-order valence-electron chi connectivity index (χ1n) is 9.40. The largest absolute Gasteiger partial charge is 0.444 e. The molecule has 1 N–H and O–H groups in total. The first-order chi connectivity index (χ1) is 13.2. The Hall–Kier alpha value is -2.54. The summed E-state index contributed by atoms with van der Waals surface area (Å²) < 4.78 is 7.26. The Morgan fingerprint density at radius 3 is 2.64 bits per heavy atom. The number of halogens is 1. The van der Waals surface area contributed by atoms with Crippen molar-refractivity contribution >= 4 is 34.2 Å². The molecule has 1 amide bonds. The molecule has 148 valence electrons. The molecule has 0 bridgehead atoms. The average molecular weight is 403 g/mol. The maximum absolute atomic E-state index is 12.3. The Labute approximate surface area is 167 Å². The highest BCUT2D eigenvalue weighted by molar-refractivity contribution is 6.31. The Kier molecular flexibility index (Phi) is 4.57. The zero-order valence-electron chi connectivity index (χ0n) is 16.2. The molecule has 2 aromatic heterocycles. The molecule has 1 saturated heterocycles. The lowest BCUT2D eigenvalue weighted by molar-refractivity contribution is 0.0203. The zero-order valence-corrected chi connectivity index (χ0v) is 16.9. The minimum atomic E-state index is -0.511. The molecular formula is C20H23ClN4O3. The minimum absolute atomic E-state index is 0.133. The van der Waals surface area contributed by atoms with Crippen LogP contribution in [0.5, 0.6) is 0 Å². The van der Waals surface area contributed by atoms with Gasteiger partial charge in [-0.3, -0.25) is 4.79 Å². The summed E-state index contributed by atoms with van der Waals surface area (Å²) in [6.45, 7) is 6.75. The molecule has 1 aromatic carbocycles. The third-order valence-corrected chi connectivity index (χ3v) is 5.20. The van der Waals surface area contributed by atoms with Gasteiger partial charge in [-0.25, -0.2) is 9.31 Å². The molecular weight excluding hydrogens is 380 g/mol. The van der Waals surface area contributed by atoms with Gasteiger partial charge in [0.25, 0.3) is 5.56 Å². The van der Waals surface area contributed by atoms with Crippen LogP contribution in [-0.2, 0) is 4.74 Å². The van der Waals surface area contributed by atoms with Crippen LogP contribution in [0.1, 0.15) is 45.2 Å². The van der Waals surface area contributed by atoms with Crippen molar-refractivity contribution in [2.24, 2.45) is 0 Å². The topological polar surface area (TPSA) is 79.7 Å². The van der Waals surface area contributed by atoms with E-state index >= 15 is 0 Å².